The first-order valence-electron chi connectivity index (χ1n) is 10.1. The average molecular weight is 364 g/mol. The normalized spacial score (nSPS) is 31.4. The molecular formula is C23H38ClN. The van der Waals surface area contributed by atoms with Crippen LogP contribution < -0.4 is 5.32 Å². The smallest absolute Gasteiger partial charge is 0.00106 e. The molecule has 0 spiro atoms. The van der Waals surface area contributed by atoms with E-state index in [4.69, 9.17) is 0 Å². The summed E-state index contributed by atoms with van der Waals surface area (Å²) >= 11 is 0. The van der Waals surface area contributed by atoms with Crippen LogP contribution in [-0.2, 0) is 11.8 Å². The number of fused-ring (bicyclic) bond motifs is 3. The van der Waals surface area contributed by atoms with E-state index in [1.165, 1.54) is 44.2 Å². The number of benzene rings is 1. The van der Waals surface area contributed by atoms with Gasteiger partial charge in [0.15, 0.2) is 0 Å². The third-order valence-electron chi connectivity index (χ3n) is 7.08. The standard InChI is InChI=1S/C23H37N.ClH/c1-16(2)18-8-10-20-19(14-18)9-11-21-22(5,15-24-17(3)4)12-7-13-23(20,21)6;/h8,10,14,16-17,21,24H,7,9,11-13,15H2,1-6H3;1H. The van der Waals surface area contributed by atoms with Gasteiger partial charge in [-0.05, 0) is 65.0 Å². The summed E-state index contributed by atoms with van der Waals surface area (Å²) in [5.74, 6) is 1.44. The molecule has 1 N–H and O–H groups in total. The minimum Gasteiger partial charge on any atom is -0.314 e. The van der Waals surface area contributed by atoms with Gasteiger partial charge in [-0.25, -0.2) is 0 Å². The van der Waals surface area contributed by atoms with Gasteiger partial charge in [0.25, 0.3) is 0 Å². The number of nitrogens with one attached hydrogen (secondary N) is 1. The number of halogens is 1. The first-order valence-corrected chi connectivity index (χ1v) is 10.1. The lowest BCUT2D eigenvalue weighted by atomic mass is 9.49. The highest BCUT2D eigenvalue weighted by molar-refractivity contribution is 5.85. The van der Waals surface area contributed by atoms with Crippen molar-refractivity contribution in [2.24, 2.45) is 11.3 Å². The predicted molar refractivity (Wildman–Crippen MR) is 112 cm³/mol. The summed E-state index contributed by atoms with van der Waals surface area (Å²) in [6, 6.07) is 7.98. The van der Waals surface area contributed by atoms with Crippen LogP contribution in [0.5, 0.6) is 0 Å². The molecule has 2 aliphatic carbocycles. The molecule has 0 saturated heterocycles. The summed E-state index contributed by atoms with van der Waals surface area (Å²) in [5.41, 5.74) is 5.62. The largest absolute Gasteiger partial charge is 0.314 e. The van der Waals surface area contributed by atoms with E-state index in [0.717, 1.165) is 5.92 Å². The summed E-state index contributed by atoms with van der Waals surface area (Å²) in [6.45, 7) is 15.5. The molecule has 25 heavy (non-hydrogen) atoms. The molecular weight excluding hydrogens is 326 g/mol. The summed E-state index contributed by atoms with van der Waals surface area (Å²) in [7, 11) is 0. The summed E-state index contributed by atoms with van der Waals surface area (Å²) < 4.78 is 0. The second kappa shape index (κ2) is 7.61. The molecule has 1 nitrogen and oxygen atoms in total. The maximum absolute atomic E-state index is 3.75. The van der Waals surface area contributed by atoms with Gasteiger partial charge in [-0.15, -0.1) is 12.4 Å². The molecule has 0 aliphatic heterocycles. The lowest BCUT2D eigenvalue weighted by Crippen LogP contribution is -2.53. The van der Waals surface area contributed by atoms with E-state index in [-0.39, 0.29) is 12.4 Å². The van der Waals surface area contributed by atoms with Gasteiger partial charge in [0.1, 0.15) is 0 Å². The molecule has 1 saturated carbocycles. The third-order valence-corrected chi connectivity index (χ3v) is 7.08. The Morgan fingerprint density at radius 1 is 1.12 bits per heavy atom. The first-order chi connectivity index (χ1) is 11.3. The minimum absolute atomic E-state index is 0. The SMILES string of the molecule is CC(C)NCC1(C)CCCC2(C)c3ccc(C(C)C)cc3CCC12.Cl. The number of hydrogen-bond donors (Lipinski definition) is 1. The van der Waals surface area contributed by atoms with E-state index in [0.29, 0.717) is 22.8 Å². The molecule has 3 unspecified atom stereocenters. The van der Waals surface area contributed by atoms with Crippen LogP contribution in [0, 0.1) is 11.3 Å². The van der Waals surface area contributed by atoms with Crippen molar-refractivity contribution in [3.8, 4) is 0 Å². The Bertz CT molecular complexity index is 594. The van der Waals surface area contributed by atoms with Gasteiger partial charge in [-0.2, -0.15) is 0 Å². The molecule has 0 heterocycles. The molecule has 1 aromatic rings. The van der Waals surface area contributed by atoms with Crippen LogP contribution >= 0.6 is 12.4 Å². The van der Waals surface area contributed by atoms with Gasteiger partial charge >= 0.3 is 0 Å². The highest BCUT2D eigenvalue weighted by Crippen LogP contribution is 2.57. The second-order valence-electron chi connectivity index (χ2n) is 9.62. The Hall–Kier alpha value is -0.530. The molecule has 3 rings (SSSR count). The Kier molecular flexibility index (Phi) is 6.32. The Morgan fingerprint density at radius 2 is 1.84 bits per heavy atom. The summed E-state index contributed by atoms with van der Waals surface area (Å²) in [5, 5.41) is 3.75. The van der Waals surface area contributed by atoms with E-state index in [9.17, 15) is 0 Å². The van der Waals surface area contributed by atoms with Crippen LogP contribution in [0.1, 0.15) is 89.8 Å². The molecule has 0 amide bonds. The van der Waals surface area contributed by atoms with Crippen molar-refractivity contribution in [3.63, 3.8) is 0 Å². The predicted octanol–water partition coefficient (Wildman–Crippen LogP) is 6.24. The zero-order chi connectivity index (χ0) is 17.5. The van der Waals surface area contributed by atoms with Gasteiger partial charge < -0.3 is 5.32 Å². The van der Waals surface area contributed by atoms with Crippen molar-refractivity contribution in [2.45, 2.75) is 91.0 Å². The fraction of sp³-hybridized carbons (Fsp3) is 0.739. The molecule has 142 valence electrons. The lowest BCUT2D eigenvalue weighted by molar-refractivity contribution is 0.0246. The maximum atomic E-state index is 3.75. The van der Waals surface area contributed by atoms with Crippen LogP contribution in [0.4, 0.5) is 0 Å². The fourth-order valence-corrected chi connectivity index (χ4v) is 5.65. The van der Waals surface area contributed by atoms with E-state index in [2.05, 4.69) is 65.1 Å². The number of hydrogen-bond acceptors (Lipinski definition) is 1. The van der Waals surface area contributed by atoms with E-state index < -0.39 is 0 Å². The quantitative estimate of drug-likeness (QED) is 0.667. The summed E-state index contributed by atoms with van der Waals surface area (Å²) in [6.07, 6.45) is 6.75. The highest BCUT2D eigenvalue weighted by Gasteiger charge is 2.51. The van der Waals surface area contributed by atoms with Crippen LogP contribution in [0.3, 0.4) is 0 Å². The van der Waals surface area contributed by atoms with Crippen molar-refractivity contribution >= 4 is 12.4 Å². The van der Waals surface area contributed by atoms with E-state index in [1.54, 1.807) is 11.1 Å². The van der Waals surface area contributed by atoms with Crippen molar-refractivity contribution < 1.29 is 0 Å². The van der Waals surface area contributed by atoms with Crippen molar-refractivity contribution in [1.82, 2.24) is 5.32 Å². The molecule has 1 aromatic carbocycles. The third kappa shape index (κ3) is 3.78. The zero-order valence-electron chi connectivity index (χ0n) is 17.1. The van der Waals surface area contributed by atoms with Gasteiger partial charge in [0.2, 0.25) is 0 Å². The monoisotopic (exact) mass is 363 g/mol. The molecule has 0 radical (unpaired) electrons. The van der Waals surface area contributed by atoms with Crippen LogP contribution in [0.25, 0.3) is 0 Å². The van der Waals surface area contributed by atoms with Crippen LogP contribution in [0.2, 0.25) is 0 Å². The van der Waals surface area contributed by atoms with Crippen molar-refractivity contribution in [2.75, 3.05) is 6.54 Å². The van der Waals surface area contributed by atoms with Crippen molar-refractivity contribution in [1.29, 1.82) is 0 Å². The molecule has 0 bridgehead atoms. The zero-order valence-corrected chi connectivity index (χ0v) is 17.9. The van der Waals surface area contributed by atoms with E-state index in [1.807, 2.05) is 0 Å². The first kappa shape index (κ1) is 20.8. The molecule has 3 atom stereocenters. The molecule has 2 heteroatoms. The molecule has 0 aromatic heterocycles. The van der Waals surface area contributed by atoms with Gasteiger partial charge in [-0.1, -0.05) is 66.2 Å². The van der Waals surface area contributed by atoms with Crippen LogP contribution in [-0.4, -0.2) is 12.6 Å². The molecule has 1 fully saturated rings. The number of rotatable bonds is 4. The van der Waals surface area contributed by atoms with Gasteiger partial charge in [0.05, 0.1) is 0 Å². The summed E-state index contributed by atoms with van der Waals surface area (Å²) in [4.78, 5) is 0. The Balaban J connectivity index is 0.00000225. The average Bonchev–Trinajstić information content (AvgIpc) is 2.52. The fourth-order valence-electron chi connectivity index (χ4n) is 5.65. The highest BCUT2D eigenvalue weighted by atomic mass is 35.5. The van der Waals surface area contributed by atoms with Crippen molar-refractivity contribution in [3.05, 3.63) is 34.9 Å². The topological polar surface area (TPSA) is 12.0 Å². The van der Waals surface area contributed by atoms with Gasteiger partial charge in [-0.3, -0.25) is 0 Å². The second-order valence-corrected chi connectivity index (χ2v) is 9.62. The van der Waals surface area contributed by atoms with Gasteiger partial charge in [0, 0.05) is 12.6 Å². The van der Waals surface area contributed by atoms with Crippen LogP contribution in [0.15, 0.2) is 18.2 Å². The lowest BCUT2D eigenvalue weighted by Gasteiger charge is -2.56. The Morgan fingerprint density at radius 3 is 2.48 bits per heavy atom. The number of aryl methyl sites for hydroxylation is 1. The minimum atomic E-state index is 0. The maximum Gasteiger partial charge on any atom is 0.00106 e. The Labute approximate surface area is 161 Å². The van der Waals surface area contributed by atoms with E-state index >= 15 is 0 Å². The molecule has 2 aliphatic rings.